The fraction of sp³-hybridized carbons (Fsp3) is 0.781. The van der Waals surface area contributed by atoms with Crippen molar-refractivity contribution in [2.45, 2.75) is 118 Å². The molecule has 0 radical (unpaired) electrons. The minimum absolute atomic E-state index is 0.144. The quantitative estimate of drug-likeness (QED) is 0.189. The Bertz CT molecular complexity index is 1250. The molecule has 0 saturated heterocycles. The Hall–Kier alpha value is -1.52. The van der Waals surface area contributed by atoms with Crippen molar-refractivity contribution in [2.75, 3.05) is 0 Å². The van der Waals surface area contributed by atoms with Crippen molar-refractivity contribution in [3.05, 3.63) is 34.9 Å². The van der Waals surface area contributed by atoms with Gasteiger partial charge in [-0.1, -0.05) is 66.7 Å². The van der Waals surface area contributed by atoms with Gasteiger partial charge in [0.15, 0.2) is 0 Å². The number of hydrogen-bond acceptors (Lipinski definition) is 7. The van der Waals surface area contributed by atoms with Gasteiger partial charge in [0.25, 0.3) is 0 Å². The van der Waals surface area contributed by atoms with Gasteiger partial charge in [-0.05, 0) is 89.7 Å². The second-order valence-electron chi connectivity index (χ2n) is 14.5. The molecule has 41 heavy (non-hydrogen) atoms. The lowest BCUT2D eigenvalue weighted by Crippen LogP contribution is -2.63. The van der Waals surface area contributed by atoms with E-state index in [0.717, 1.165) is 36.0 Å². The lowest BCUT2D eigenvalue weighted by Gasteiger charge is -2.62. The van der Waals surface area contributed by atoms with E-state index in [1.807, 2.05) is 20.8 Å². The predicted molar refractivity (Wildman–Crippen MR) is 157 cm³/mol. The van der Waals surface area contributed by atoms with E-state index in [1.54, 1.807) is 0 Å². The molecular formula is C32H50O8S. The van der Waals surface area contributed by atoms with Crippen LogP contribution in [0, 0.1) is 39.9 Å². The summed E-state index contributed by atoms with van der Waals surface area (Å²) in [6.07, 6.45) is 2.28. The molecule has 4 unspecified atom stereocenters. The summed E-state index contributed by atoms with van der Waals surface area (Å²) in [4.78, 5) is 12.5. The molecule has 4 rings (SSSR count). The molecule has 9 heteroatoms. The van der Waals surface area contributed by atoms with Crippen molar-refractivity contribution in [1.29, 1.82) is 0 Å². The number of hydrogen-bond donors (Lipinski definition) is 3. The van der Waals surface area contributed by atoms with Crippen molar-refractivity contribution < 1.29 is 36.9 Å². The van der Waals surface area contributed by atoms with E-state index in [9.17, 15) is 28.0 Å². The van der Waals surface area contributed by atoms with Crippen molar-refractivity contribution in [3.8, 4) is 0 Å². The molecule has 0 amide bonds. The number of carbonyl (C=O) groups excluding carboxylic acids is 1. The molecule has 0 aromatic rings. The summed E-state index contributed by atoms with van der Waals surface area (Å²) >= 11 is 0. The lowest BCUT2D eigenvalue weighted by molar-refractivity contribution is -0.173. The molecule has 3 N–H and O–H groups in total. The molecule has 0 aromatic heterocycles. The molecule has 4 aliphatic carbocycles. The van der Waals surface area contributed by atoms with Gasteiger partial charge in [-0.3, -0.25) is 9.35 Å². The Morgan fingerprint density at radius 3 is 2.34 bits per heavy atom. The summed E-state index contributed by atoms with van der Waals surface area (Å²) in [5, 5.41) is 23.4. The normalized spacial score (nSPS) is 39.0. The first kappa shape index (κ1) is 32.4. The highest BCUT2D eigenvalue weighted by Crippen LogP contribution is 2.67. The summed E-state index contributed by atoms with van der Waals surface area (Å²) in [6, 6.07) is 0. The third kappa shape index (κ3) is 5.39. The molecule has 1 saturated carbocycles. The number of allylic oxidation sites excluding steroid dienone is 3. The first-order valence-corrected chi connectivity index (χ1v) is 16.4. The monoisotopic (exact) mass is 594 g/mol. The van der Waals surface area contributed by atoms with Gasteiger partial charge in [0, 0.05) is 12.3 Å². The highest BCUT2D eigenvalue weighted by molar-refractivity contribution is 7.80. The fourth-order valence-corrected chi connectivity index (χ4v) is 10.0. The zero-order valence-electron chi connectivity index (χ0n) is 25.9. The average Bonchev–Trinajstić information content (AvgIpc) is 3.19. The van der Waals surface area contributed by atoms with E-state index in [-0.39, 0.29) is 18.3 Å². The molecule has 0 aliphatic heterocycles. The van der Waals surface area contributed by atoms with Gasteiger partial charge in [0.05, 0.1) is 6.10 Å². The van der Waals surface area contributed by atoms with E-state index >= 15 is 0 Å². The molecule has 0 spiro atoms. The van der Waals surface area contributed by atoms with Gasteiger partial charge >= 0.3 is 16.4 Å². The minimum atomic E-state index is -4.78. The summed E-state index contributed by atoms with van der Waals surface area (Å²) in [7, 11) is -4.78. The topological polar surface area (TPSA) is 130 Å². The van der Waals surface area contributed by atoms with Crippen LogP contribution in [-0.4, -0.2) is 53.6 Å². The zero-order valence-corrected chi connectivity index (χ0v) is 26.8. The average molecular weight is 595 g/mol. The third-order valence-electron chi connectivity index (χ3n) is 11.4. The van der Waals surface area contributed by atoms with Gasteiger partial charge in [-0.15, -0.1) is 0 Å². The van der Waals surface area contributed by atoms with Gasteiger partial charge in [0.2, 0.25) is 0 Å². The lowest BCUT2D eigenvalue weighted by atomic mass is 9.45. The molecule has 8 nitrogen and oxygen atoms in total. The highest BCUT2D eigenvalue weighted by atomic mass is 32.3. The van der Waals surface area contributed by atoms with Crippen molar-refractivity contribution in [2.24, 2.45) is 39.9 Å². The van der Waals surface area contributed by atoms with E-state index in [4.69, 9.17) is 8.92 Å². The zero-order chi connectivity index (χ0) is 30.9. The SMILES string of the molecule is C=C(CCC(C)[C@H]1CC=C2C3=C(C(O)C(OC(C)=O)[C@@]21C)[C@@]1(C)C[C@@H](O)[C@H](OS(=O)(=O)O)C(C)(C)C1CC3)C(C)C. The largest absolute Gasteiger partial charge is 0.458 e. The van der Waals surface area contributed by atoms with Crippen molar-refractivity contribution >= 4 is 16.4 Å². The number of aliphatic hydroxyl groups is 2. The van der Waals surface area contributed by atoms with Crippen LogP contribution < -0.4 is 0 Å². The Labute approximate surface area is 246 Å². The Balaban J connectivity index is 1.78. The van der Waals surface area contributed by atoms with E-state index < -0.39 is 57.0 Å². The molecule has 0 aromatic carbocycles. The molecule has 0 heterocycles. The van der Waals surface area contributed by atoms with E-state index in [2.05, 4.69) is 40.3 Å². The Morgan fingerprint density at radius 1 is 1.15 bits per heavy atom. The summed E-state index contributed by atoms with van der Waals surface area (Å²) in [5.41, 5.74) is 2.08. The smallest absolute Gasteiger partial charge is 0.397 e. The van der Waals surface area contributed by atoms with Gasteiger partial charge in [0.1, 0.15) is 18.3 Å². The van der Waals surface area contributed by atoms with E-state index in [0.29, 0.717) is 24.7 Å². The molecule has 9 atom stereocenters. The van der Waals surface area contributed by atoms with Crippen LogP contribution in [0.15, 0.2) is 34.9 Å². The van der Waals surface area contributed by atoms with Crippen LogP contribution in [0.5, 0.6) is 0 Å². The van der Waals surface area contributed by atoms with Crippen LogP contribution in [0.4, 0.5) is 0 Å². The maximum Gasteiger partial charge on any atom is 0.397 e. The second kappa shape index (κ2) is 10.9. The summed E-state index contributed by atoms with van der Waals surface area (Å²) in [6.45, 7) is 20.0. The first-order chi connectivity index (χ1) is 18.8. The van der Waals surface area contributed by atoms with Crippen LogP contribution in [-0.2, 0) is 24.1 Å². The number of fused-ring (bicyclic) bond motifs is 4. The maximum absolute atomic E-state index is 12.5. The Morgan fingerprint density at radius 2 is 1.78 bits per heavy atom. The number of esters is 1. The summed E-state index contributed by atoms with van der Waals surface area (Å²) < 4.78 is 43.9. The van der Waals surface area contributed by atoms with Gasteiger partial charge in [-0.2, -0.15) is 8.42 Å². The van der Waals surface area contributed by atoms with Crippen LogP contribution in [0.1, 0.15) is 93.9 Å². The molecule has 1 fully saturated rings. The van der Waals surface area contributed by atoms with Crippen LogP contribution in [0.3, 0.4) is 0 Å². The first-order valence-electron chi connectivity index (χ1n) is 15.1. The second-order valence-corrected chi connectivity index (χ2v) is 15.5. The van der Waals surface area contributed by atoms with E-state index in [1.165, 1.54) is 12.5 Å². The number of ether oxygens (including phenoxy) is 1. The number of aliphatic hydroxyl groups excluding tert-OH is 2. The molecular weight excluding hydrogens is 544 g/mol. The van der Waals surface area contributed by atoms with Gasteiger partial charge in [-0.25, -0.2) is 4.18 Å². The highest BCUT2D eigenvalue weighted by Gasteiger charge is 2.65. The predicted octanol–water partition coefficient (Wildman–Crippen LogP) is 5.57. The molecule has 4 aliphatic rings. The maximum atomic E-state index is 12.5. The molecule has 232 valence electrons. The van der Waals surface area contributed by atoms with Crippen LogP contribution in [0.2, 0.25) is 0 Å². The number of carbonyl (C=O) groups is 1. The van der Waals surface area contributed by atoms with Crippen molar-refractivity contribution in [1.82, 2.24) is 0 Å². The van der Waals surface area contributed by atoms with Crippen molar-refractivity contribution in [3.63, 3.8) is 0 Å². The standard InChI is InChI=1S/C32H50O8S/c1-17(2)18(3)10-11-19(4)22-13-14-23-21-12-15-25-30(6,7)28(40-41(36,37)38)24(34)16-31(25,8)26(21)27(35)29(32(22,23)9)39-20(5)33/h14,17,19,22,24-25,27-29,34-35H,3,10-13,15-16H2,1-2,4-9H3,(H,36,37,38)/t19?,22-,24-,25?,27?,28+,29?,31+,32-/m1/s1. The molecule has 0 bridgehead atoms. The third-order valence-corrected chi connectivity index (χ3v) is 11.8. The van der Waals surface area contributed by atoms with Crippen LogP contribution in [0.25, 0.3) is 0 Å². The number of rotatable bonds is 8. The summed E-state index contributed by atoms with van der Waals surface area (Å²) in [5.74, 6) is 0.267. The fourth-order valence-electron chi connectivity index (χ4n) is 9.36. The minimum Gasteiger partial charge on any atom is -0.458 e. The van der Waals surface area contributed by atoms with Crippen LogP contribution >= 0.6 is 0 Å². The van der Waals surface area contributed by atoms with Gasteiger partial charge < -0.3 is 14.9 Å². The Kier molecular flexibility index (Phi) is 8.60.